The van der Waals surface area contributed by atoms with E-state index in [9.17, 15) is 0 Å². The molecule has 2 heterocycles. The van der Waals surface area contributed by atoms with Gasteiger partial charge in [-0.05, 0) is 12.1 Å². The predicted molar refractivity (Wildman–Crippen MR) is 59.4 cm³/mol. The summed E-state index contributed by atoms with van der Waals surface area (Å²) in [7, 11) is 0. The molecule has 0 bridgehead atoms. The van der Waals surface area contributed by atoms with E-state index in [-0.39, 0.29) is 0 Å². The van der Waals surface area contributed by atoms with E-state index in [4.69, 9.17) is 4.42 Å². The van der Waals surface area contributed by atoms with Crippen LogP contribution in [0.1, 0.15) is 11.1 Å². The van der Waals surface area contributed by atoms with Gasteiger partial charge < -0.3 is 4.42 Å². The second-order valence-electron chi connectivity index (χ2n) is 3.39. The second-order valence-corrected chi connectivity index (χ2v) is 4.60. The molecule has 1 unspecified atom stereocenters. The molecule has 1 aromatic carbocycles. The Kier molecular flexibility index (Phi) is 2.00. The molecule has 2 aromatic rings. The van der Waals surface area contributed by atoms with E-state index in [0.29, 0.717) is 5.37 Å². The van der Waals surface area contributed by atoms with Crippen LogP contribution in [0.15, 0.2) is 34.7 Å². The maximum absolute atomic E-state index is 5.77. The van der Waals surface area contributed by atoms with Crippen molar-refractivity contribution in [3.8, 4) is 0 Å². The minimum atomic E-state index is 0.349. The third-order valence-corrected chi connectivity index (χ3v) is 3.59. The number of furan rings is 1. The minimum Gasteiger partial charge on any atom is -0.458 e. The summed E-state index contributed by atoms with van der Waals surface area (Å²) in [6.45, 7) is 1.08. The summed E-state index contributed by atoms with van der Waals surface area (Å²) in [6, 6.07) is 10.3. The Bertz CT molecular complexity index is 412. The van der Waals surface area contributed by atoms with Crippen LogP contribution in [-0.2, 0) is 0 Å². The average Bonchev–Trinajstić information content (AvgIpc) is 2.86. The molecule has 1 N–H and O–H groups in total. The van der Waals surface area contributed by atoms with Crippen LogP contribution in [0.25, 0.3) is 11.0 Å². The Morgan fingerprint density at radius 3 is 3.07 bits per heavy atom. The zero-order valence-electron chi connectivity index (χ0n) is 7.69. The molecule has 0 amide bonds. The highest BCUT2D eigenvalue weighted by Crippen LogP contribution is 2.33. The number of thioether (sulfide) groups is 1. The van der Waals surface area contributed by atoms with Crippen LogP contribution in [0.2, 0.25) is 0 Å². The molecule has 0 radical (unpaired) electrons. The van der Waals surface area contributed by atoms with Gasteiger partial charge in [0.2, 0.25) is 0 Å². The molecule has 1 atom stereocenters. The highest BCUT2D eigenvalue weighted by Gasteiger charge is 2.20. The van der Waals surface area contributed by atoms with Gasteiger partial charge in [0, 0.05) is 17.7 Å². The number of benzene rings is 1. The molecule has 1 aromatic heterocycles. The molecule has 1 saturated heterocycles. The lowest BCUT2D eigenvalue weighted by atomic mass is 10.2. The quantitative estimate of drug-likeness (QED) is 0.775. The van der Waals surface area contributed by atoms with Crippen molar-refractivity contribution in [1.29, 1.82) is 0 Å². The van der Waals surface area contributed by atoms with Crippen molar-refractivity contribution in [3.05, 3.63) is 36.1 Å². The molecule has 14 heavy (non-hydrogen) atoms. The fraction of sp³-hybridized carbons (Fsp3) is 0.273. The third kappa shape index (κ3) is 1.33. The maximum atomic E-state index is 5.77. The van der Waals surface area contributed by atoms with E-state index < -0.39 is 0 Å². The Morgan fingerprint density at radius 2 is 2.29 bits per heavy atom. The van der Waals surface area contributed by atoms with Gasteiger partial charge in [0.15, 0.2) is 0 Å². The van der Waals surface area contributed by atoms with E-state index in [1.54, 1.807) is 0 Å². The predicted octanol–water partition coefficient (Wildman–Crippen LogP) is 2.77. The van der Waals surface area contributed by atoms with Crippen molar-refractivity contribution >= 4 is 22.7 Å². The summed E-state index contributed by atoms with van der Waals surface area (Å²) in [6.07, 6.45) is 0. The molecular formula is C11H11NOS. The van der Waals surface area contributed by atoms with Crippen LogP contribution in [0.4, 0.5) is 0 Å². The molecular weight excluding hydrogens is 194 g/mol. The number of fused-ring (bicyclic) bond motifs is 1. The zero-order chi connectivity index (χ0) is 9.38. The number of rotatable bonds is 1. The molecule has 1 aliphatic rings. The molecule has 0 spiro atoms. The molecule has 0 aliphatic carbocycles. The maximum Gasteiger partial charge on any atom is 0.134 e. The lowest BCUT2D eigenvalue weighted by Gasteiger charge is -2.03. The molecule has 0 saturated carbocycles. The van der Waals surface area contributed by atoms with Crippen LogP contribution in [0.5, 0.6) is 0 Å². The fourth-order valence-electron chi connectivity index (χ4n) is 1.74. The summed E-state index contributed by atoms with van der Waals surface area (Å²) < 4.78 is 5.77. The lowest BCUT2D eigenvalue weighted by Crippen LogP contribution is -2.11. The highest BCUT2D eigenvalue weighted by molar-refractivity contribution is 7.99. The smallest absolute Gasteiger partial charge is 0.134 e. The first-order chi connectivity index (χ1) is 6.93. The molecule has 1 aliphatic heterocycles. The van der Waals surface area contributed by atoms with Crippen molar-refractivity contribution < 1.29 is 4.42 Å². The Labute approximate surface area is 86.7 Å². The van der Waals surface area contributed by atoms with Crippen molar-refractivity contribution in [2.24, 2.45) is 0 Å². The van der Waals surface area contributed by atoms with E-state index in [0.717, 1.165) is 17.9 Å². The molecule has 72 valence electrons. The summed E-state index contributed by atoms with van der Waals surface area (Å²) >= 11 is 1.91. The third-order valence-electron chi connectivity index (χ3n) is 2.42. The van der Waals surface area contributed by atoms with Crippen LogP contribution in [0, 0.1) is 0 Å². The van der Waals surface area contributed by atoms with Gasteiger partial charge in [0.1, 0.15) is 16.7 Å². The van der Waals surface area contributed by atoms with Gasteiger partial charge >= 0.3 is 0 Å². The van der Waals surface area contributed by atoms with Crippen LogP contribution in [0.3, 0.4) is 0 Å². The lowest BCUT2D eigenvalue weighted by molar-refractivity contribution is 0.522. The molecule has 3 heteroatoms. The zero-order valence-corrected chi connectivity index (χ0v) is 8.51. The first-order valence-electron chi connectivity index (χ1n) is 4.77. The van der Waals surface area contributed by atoms with Gasteiger partial charge in [0.05, 0.1) is 0 Å². The summed E-state index contributed by atoms with van der Waals surface area (Å²) in [5.74, 6) is 2.22. The monoisotopic (exact) mass is 205 g/mol. The number of hydrogen-bond donors (Lipinski definition) is 1. The van der Waals surface area contributed by atoms with Crippen LogP contribution in [-0.4, -0.2) is 12.3 Å². The standard InChI is InChI=1S/C11H11NOS/c1-2-4-9-8(3-1)7-10(13-9)11-12-5-6-14-11/h1-4,7,11-12H,5-6H2. The largest absolute Gasteiger partial charge is 0.458 e. The fourth-order valence-corrected chi connectivity index (χ4v) is 2.73. The first-order valence-corrected chi connectivity index (χ1v) is 5.82. The highest BCUT2D eigenvalue weighted by atomic mass is 32.2. The summed E-state index contributed by atoms with van der Waals surface area (Å²) in [4.78, 5) is 0. The van der Waals surface area contributed by atoms with Crippen LogP contribution >= 0.6 is 11.8 Å². The Balaban J connectivity index is 2.05. The van der Waals surface area contributed by atoms with Gasteiger partial charge in [-0.25, -0.2) is 0 Å². The number of para-hydroxylation sites is 1. The van der Waals surface area contributed by atoms with E-state index in [2.05, 4.69) is 17.4 Å². The van der Waals surface area contributed by atoms with Gasteiger partial charge in [-0.1, -0.05) is 18.2 Å². The molecule has 3 rings (SSSR count). The molecule has 2 nitrogen and oxygen atoms in total. The minimum absolute atomic E-state index is 0.349. The Morgan fingerprint density at radius 1 is 1.36 bits per heavy atom. The van der Waals surface area contributed by atoms with Gasteiger partial charge in [-0.15, -0.1) is 11.8 Å². The normalized spacial score (nSPS) is 21.9. The second kappa shape index (κ2) is 3.33. The first kappa shape index (κ1) is 8.38. The van der Waals surface area contributed by atoms with Crippen molar-refractivity contribution in [2.75, 3.05) is 12.3 Å². The average molecular weight is 205 g/mol. The topological polar surface area (TPSA) is 25.2 Å². The molecule has 1 fully saturated rings. The van der Waals surface area contributed by atoms with Crippen molar-refractivity contribution in [2.45, 2.75) is 5.37 Å². The summed E-state index contributed by atoms with van der Waals surface area (Å²) in [5, 5.41) is 4.94. The summed E-state index contributed by atoms with van der Waals surface area (Å²) in [5.41, 5.74) is 0.983. The Hall–Kier alpha value is -0.930. The van der Waals surface area contributed by atoms with E-state index in [1.165, 1.54) is 11.1 Å². The van der Waals surface area contributed by atoms with Gasteiger partial charge in [0.25, 0.3) is 0 Å². The number of nitrogens with one attached hydrogen (secondary N) is 1. The van der Waals surface area contributed by atoms with Crippen molar-refractivity contribution in [1.82, 2.24) is 5.32 Å². The van der Waals surface area contributed by atoms with E-state index >= 15 is 0 Å². The van der Waals surface area contributed by atoms with Crippen molar-refractivity contribution in [3.63, 3.8) is 0 Å². The van der Waals surface area contributed by atoms with Gasteiger partial charge in [-0.2, -0.15) is 0 Å². The van der Waals surface area contributed by atoms with E-state index in [1.807, 2.05) is 30.0 Å². The van der Waals surface area contributed by atoms with Gasteiger partial charge in [-0.3, -0.25) is 5.32 Å². The number of hydrogen-bond acceptors (Lipinski definition) is 3. The SMILES string of the molecule is c1ccc2oc(C3NCCS3)cc2c1. The van der Waals surface area contributed by atoms with Crippen LogP contribution < -0.4 is 5.32 Å².